The van der Waals surface area contributed by atoms with Crippen molar-refractivity contribution in [2.45, 2.75) is 13.1 Å². The van der Waals surface area contributed by atoms with Crippen molar-refractivity contribution in [3.63, 3.8) is 0 Å². The van der Waals surface area contributed by atoms with Crippen LogP contribution in [0.4, 0.5) is 8.78 Å². The van der Waals surface area contributed by atoms with E-state index in [1.54, 1.807) is 17.0 Å². The van der Waals surface area contributed by atoms with Gasteiger partial charge >= 0.3 is 0 Å². The molecular weight excluding hydrogens is 212 g/mol. The summed E-state index contributed by atoms with van der Waals surface area (Å²) < 4.78 is 27.8. The Kier molecular flexibility index (Phi) is 2.96. The molecular formula is C11H11F2N3. The molecule has 0 aliphatic heterocycles. The zero-order valence-corrected chi connectivity index (χ0v) is 8.53. The number of imidazole rings is 1. The maximum atomic E-state index is 13.4. The fourth-order valence-electron chi connectivity index (χ4n) is 1.51. The summed E-state index contributed by atoms with van der Waals surface area (Å²) in [6.45, 7) is 0.592. The number of hydrogen-bond donors (Lipinski definition) is 1. The van der Waals surface area contributed by atoms with E-state index >= 15 is 0 Å². The highest BCUT2D eigenvalue weighted by atomic mass is 19.1. The molecule has 0 radical (unpaired) electrons. The van der Waals surface area contributed by atoms with E-state index in [4.69, 9.17) is 5.73 Å². The van der Waals surface area contributed by atoms with E-state index < -0.39 is 11.6 Å². The minimum Gasteiger partial charge on any atom is -0.329 e. The molecule has 0 saturated carbocycles. The molecule has 16 heavy (non-hydrogen) atoms. The summed E-state index contributed by atoms with van der Waals surface area (Å²) in [5, 5.41) is 0. The minimum absolute atomic E-state index is 0.288. The molecule has 0 aliphatic carbocycles. The van der Waals surface area contributed by atoms with E-state index in [-0.39, 0.29) is 6.54 Å². The van der Waals surface area contributed by atoms with Gasteiger partial charge in [0, 0.05) is 24.0 Å². The molecule has 2 N–H and O–H groups in total. The molecule has 2 aromatic rings. The van der Waals surface area contributed by atoms with Gasteiger partial charge in [-0.15, -0.1) is 0 Å². The standard InChI is InChI=1S/C11H11F2N3/c12-9-2-1-8(10(13)5-9)7-16-4-3-15-11(16)6-14/h1-5H,6-7,14H2. The van der Waals surface area contributed by atoms with Gasteiger partial charge in [-0.1, -0.05) is 6.07 Å². The quantitative estimate of drug-likeness (QED) is 0.860. The molecule has 0 fully saturated rings. The Hall–Kier alpha value is -1.75. The van der Waals surface area contributed by atoms with Gasteiger partial charge in [0.25, 0.3) is 0 Å². The van der Waals surface area contributed by atoms with Crippen LogP contribution in [0.1, 0.15) is 11.4 Å². The van der Waals surface area contributed by atoms with Gasteiger partial charge in [0.2, 0.25) is 0 Å². The molecule has 0 amide bonds. The molecule has 0 unspecified atom stereocenters. The lowest BCUT2D eigenvalue weighted by Gasteiger charge is -2.07. The molecule has 2 rings (SSSR count). The van der Waals surface area contributed by atoms with Crippen molar-refractivity contribution in [1.29, 1.82) is 0 Å². The third kappa shape index (κ3) is 2.09. The highest BCUT2D eigenvalue weighted by Gasteiger charge is 2.06. The monoisotopic (exact) mass is 223 g/mol. The van der Waals surface area contributed by atoms with Gasteiger partial charge in [0.15, 0.2) is 0 Å². The first-order valence-electron chi connectivity index (χ1n) is 4.84. The molecule has 0 aliphatic rings. The lowest BCUT2D eigenvalue weighted by atomic mass is 10.2. The molecule has 0 spiro atoms. The predicted octanol–water partition coefficient (Wildman–Crippen LogP) is 1.67. The van der Waals surface area contributed by atoms with Crippen molar-refractivity contribution in [2.75, 3.05) is 0 Å². The maximum absolute atomic E-state index is 13.4. The molecule has 1 aromatic carbocycles. The lowest BCUT2D eigenvalue weighted by molar-refractivity contribution is 0.563. The molecule has 0 bridgehead atoms. The zero-order chi connectivity index (χ0) is 11.5. The van der Waals surface area contributed by atoms with Crippen LogP contribution in [0.2, 0.25) is 0 Å². The van der Waals surface area contributed by atoms with Gasteiger partial charge < -0.3 is 10.3 Å². The number of benzene rings is 1. The Morgan fingerprint density at radius 1 is 1.31 bits per heavy atom. The van der Waals surface area contributed by atoms with E-state index in [0.29, 0.717) is 17.9 Å². The Morgan fingerprint density at radius 2 is 2.12 bits per heavy atom. The van der Waals surface area contributed by atoms with E-state index in [0.717, 1.165) is 6.07 Å². The van der Waals surface area contributed by atoms with E-state index in [1.165, 1.54) is 12.1 Å². The summed E-state index contributed by atoms with van der Waals surface area (Å²) in [7, 11) is 0. The van der Waals surface area contributed by atoms with Crippen LogP contribution < -0.4 is 5.73 Å². The van der Waals surface area contributed by atoms with Crippen LogP contribution in [-0.2, 0) is 13.1 Å². The van der Waals surface area contributed by atoms with Gasteiger partial charge in [-0.3, -0.25) is 0 Å². The number of nitrogens with zero attached hydrogens (tertiary/aromatic N) is 2. The van der Waals surface area contributed by atoms with E-state index in [1.807, 2.05) is 0 Å². The van der Waals surface area contributed by atoms with Gasteiger partial charge in [-0.05, 0) is 6.07 Å². The maximum Gasteiger partial charge on any atom is 0.131 e. The third-order valence-corrected chi connectivity index (χ3v) is 2.34. The van der Waals surface area contributed by atoms with Crippen molar-refractivity contribution in [3.05, 3.63) is 53.6 Å². The highest BCUT2D eigenvalue weighted by molar-refractivity contribution is 5.19. The summed E-state index contributed by atoms with van der Waals surface area (Å²) in [4.78, 5) is 4.02. The van der Waals surface area contributed by atoms with Gasteiger partial charge in [0.05, 0.1) is 13.1 Å². The second-order valence-electron chi connectivity index (χ2n) is 3.41. The van der Waals surface area contributed by atoms with Crippen LogP contribution in [0.5, 0.6) is 0 Å². The van der Waals surface area contributed by atoms with Crippen LogP contribution in [0.15, 0.2) is 30.6 Å². The largest absolute Gasteiger partial charge is 0.329 e. The SMILES string of the molecule is NCc1nccn1Cc1ccc(F)cc1F. The average molecular weight is 223 g/mol. The summed E-state index contributed by atoms with van der Waals surface area (Å²) in [6.07, 6.45) is 3.31. The van der Waals surface area contributed by atoms with Crippen molar-refractivity contribution in [3.8, 4) is 0 Å². The second kappa shape index (κ2) is 4.40. The molecule has 84 valence electrons. The van der Waals surface area contributed by atoms with Gasteiger partial charge in [-0.2, -0.15) is 0 Å². The molecule has 1 aromatic heterocycles. The van der Waals surface area contributed by atoms with Crippen molar-refractivity contribution < 1.29 is 8.78 Å². The Balaban J connectivity index is 2.27. The Bertz CT molecular complexity index is 494. The van der Waals surface area contributed by atoms with Crippen LogP contribution in [0.25, 0.3) is 0 Å². The number of halogens is 2. The van der Waals surface area contributed by atoms with Crippen molar-refractivity contribution in [1.82, 2.24) is 9.55 Å². The minimum atomic E-state index is -0.578. The summed E-state index contributed by atoms with van der Waals surface area (Å²) in [5.41, 5.74) is 5.89. The van der Waals surface area contributed by atoms with Crippen LogP contribution in [-0.4, -0.2) is 9.55 Å². The normalized spacial score (nSPS) is 10.7. The average Bonchev–Trinajstić information content (AvgIpc) is 2.69. The fourth-order valence-corrected chi connectivity index (χ4v) is 1.51. The van der Waals surface area contributed by atoms with Crippen LogP contribution >= 0.6 is 0 Å². The summed E-state index contributed by atoms with van der Waals surface area (Å²) >= 11 is 0. The van der Waals surface area contributed by atoms with Crippen molar-refractivity contribution >= 4 is 0 Å². The zero-order valence-electron chi connectivity index (χ0n) is 8.53. The van der Waals surface area contributed by atoms with E-state index in [9.17, 15) is 8.78 Å². The smallest absolute Gasteiger partial charge is 0.131 e. The number of hydrogen-bond acceptors (Lipinski definition) is 2. The predicted molar refractivity (Wildman–Crippen MR) is 55.6 cm³/mol. The van der Waals surface area contributed by atoms with Crippen LogP contribution in [0, 0.1) is 11.6 Å². The Morgan fingerprint density at radius 3 is 2.81 bits per heavy atom. The first-order valence-corrected chi connectivity index (χ1v) is 4.84. The number of nitrogens with two attached hydrogens (primary N) is 1. The molecule has 5 heteroatoms. The molecule has 1 heterocycles. The van der Waals surface area contributed by atoms with E-state index in [2.05, 4.69) is 4.98 Å². The van der Waals surface area contributed by atoms with Gasteiger partial charge in [0.1, 0.15) is 17.5 Å². The van der Waals surface area contributed by atoms with Gasteiger partial charge in [-0.25, -0.2) is 13.8 Å². The topological polar surface area (TPSA) is 43.8 Å². The van der Waals surface area contributed by atoms with Crippen LogP contribution in [0.3, 0.4) is 0 Å². The second-order valence-corrected chi connectivity index (χ2v) is 3.41. The first-order chi connectivity index (χ1) is 7.70. The molecule has 0 saturated heterocycles. The molecule has 3 nitrogen and oxygen atoms in total. The fraction of sp³-hybridized carbons (Fsp3) is 0.182. The lowest BCUT2D eigenvalue weighted by Crippen LogP contribution is -2.09. The third-order valence-electron chi connectivity index (χ3n) is 2.34. The molecule has 0 atom stereocenters. The summed E-state index contributed by atoms with van der Waals surface area (Å²) in [6, 6.07) is 3.52. The number of aromatic nitrogens is 2. The van der Waals surface area contributed by atoms with Crippen molar-refractivity contribution in [2.24, 2.45) is 5.73 Å². The number of rotatable bonds is 3. The highest BCUT2D eigenvalue weighted by Crippen LogP contribution is 2.12. The first kappa shape index (κ1) is 10.8. The Labute approximate surface area is 91.5 Å². The summed E-state index contributed by atoms with van der Waals surface area (Å²) in [5.74, 6) is -0.466.